The average molecular weight is 260 g/mol. The van der Waals surface area contributed by atoms with E-state index in [0.29, 0.717) is 6.61 Å². The number of carbonyl (C=O) groups is 1. The summed E-state index contributed by atoms with van der Waals surface area (Å²) in [5, 5.41) is 3.36. The average Bonchev–Trinajstić information content (AvgIpc) is 2.39. The number of nitrogens with zero attached hydrogens (tertiary/aromatic N) is 1. The summed E-state index contributed by atoms with van der Waals surface area (Å²) >= 11 is 0. The number of ether oxygens (including phenoxy) is 1. The molecule has 1 spiro atoms. The van der Waals surface area contributed by atoms with Crippen LogP contribution in [0.2, 0.25) is 0 Å². The van der Waals surface area contributed by atoms with E-state index in [1.165, 1.54) is 5.56 Å². The minimum absolute atomic E-state index is 0.0822. The molecule has 1 N–H and O–H groups in total. The molecule has 19 heavy (non-hydrogen) atoms. The Labute approximate surface area is 113 Å². The smallest absolute Gasteiger partial charge is 0.253 e. The zero-order chi connectivity index (χ0) is 13.3. The molecule has 2 aliphatic heterocycles. The minimum atomic E-state index is -0.158. The maximum atomic E-state index is 12.4. The Morgan fingerprint density at radius 3 is 2.84 bits per heavy atom. The second-order valence-corrected chi connectivity index (χ2v) is 5.54. The first-order valence-electron chi connectivity index (χ1n) is 6.89. The highest BCUT2D eigenvalue weighted by Crippen LogP contribution is 2.34. The fourth-order valence-corrected chi connectivity index (χ4v) is 3.17. The van der Waals surface area contributed by atoms with Crippen LogP contribution >= 0.6 is 0 Å². The molecule has 0 unspecified atom stereocenters. The van der Waals surface area contributed by atoms with Crippen LogP contribution in [0.25, 0.3) is 0 Å². The third kappa shape index (κ3) is 2.26. The normalized spacial score (nSPS) is 22.8. The fourth-order valence-electron chi connectivity index (χ4n) is 3.17. The van der Waals surface area contributed by atoms with Gasteiger partial charge in [-0.1, -0.05) is 12.1 Å². The van der Waals surface area contributed by atoms with Crippen molar-refractivity contribution in [2.45, 2.75) is 25.3 Å². The van der Waals surface area contributed by atoms with Gasteiger partial charge in [0.15, 0.2) is 0 Å². The molecule has 0 radical (unpaired) electrons. The maximum absolute atomic E-state index is 12.4. The van der Waals surface area contributed by atoms with Crippen LogP contribution in [-0.2, 0) is 9.53 Å². The lowest BCUT2D eigenvalue weighted by Crippen LogP contribution is -2.63. The van der Waals surface area contributed by atoms with Crippen LogP contribution in [0.1, 0.15) is 18.4 Å². The first-order valence-corrected chi connectivity index (χ1v) is 6.89. The van der Waals surface area contributed by atoms with Gasteiger partial charge in [-0.25, -0.2) is 0 Å². The van der Waals surface area contributed by atoms with Gasteiger partial charge < -0.3 is 15.0 Å². The Balaban J connectivity index is 2.00. The number of benzene rings is 1. The van der Waals surface area contributed by atoms with Crippen LogP contribution in [-0.4, -0.2) is 37.7 Å². The summed E-state index contributed by atoms with van der Waals surface area (Å²) in [6, 6.07) is 8.19. The van der Waals surface area contributed by atoms with Crippen LogP contribution in [0.5, 0.6) is 0 Å². The van der Waals surface area contributed by atoms with Crippen LogP contribution < -0.4 is 10.2 Å². The van der Waals surface area contributed by atoms with Gasteiger partial charge in [-0.2, -0.15) is 0 Å². The van der Waals surface area contributed by atoms with E-state index in [0.717, 1.165) is 31.6 Å². The standard InChI is InChI=1S/C15H20N2O2/c1-12-3-2-4-13(9-12)17-14(18)10-19-11-15(17)5-7-16-8-6-15/h2-4,9,16H,5-8,10-11H2,1H3. The van der Waals surface area contributed by atoms with Crippen molar-refractivity contribution in [2.75, 3.05) is 31.2 Å². The molecule has 3 rings (SSSR count). The lowest BCUT2D eigenvalue weighted by Gasteiger charge is -2.49. The lowest BCUT2D eigenvalue weighted by atomic mass is 9.85. The van der Waals surface area contributed by atoms with Crippen molar-refractivity contribution >= 4 is 11.6 Å². The number of piperidine rings is 1. The van der Waals surface area contributed by atoms with Gasteiger partial charge in [0.05, 0.1) is 12.1 Å². The van der Waals surface area contributed by atoms with Gasteiger partial charge >= 0.3 is 0 Å². The van der Waals surface area contributed by atoms with Gasteiger partial charge in [-0.15, -0.1) is 0 Å². The summed E-state index contributed by atoms with van der Waals surface area (Å²) in [7, 11) is 0. The number of anilines is 1. The summed E-state index contributed by atoms with van der Waals surface area (Å²) in [6.45, 7) is 4.79. The molecular weight excluding hydrogens is 240 g/mol. The van der Waals surface area contributed by atoms with Gasteiger partial charge in [-0.3, -0.25) is 4.79 Å². The van der Waals surface area contributed by atoms with Crippen LogP contribution in [0.4, 0.5) is 5.69 Å². The van der Waals surface area contributed by atoms with E-state index >= 15 is 0 Å². The van der Waals surface area contributed by atoms with Crippen molar-refractivity contribution in [3.05, 3.63) is 29.8 Å². The third-order valence-corrected chi connectivity index (χ3v) is 4.11. The highest BCUT2D eigenvalue weighted by molar-refractivity contribution is 5.96. The van der Waals surface area contributed by atoms with E-state index in [9.17, 15) is 4.79 Å². The number of hydrogen-bond donors (Lipinski definition) is 1. The summed E-state index contributed by atoms with van der Waals surface area (Å²) in [4.78, 5) is 14.4. The van der Waals surface area contributed by atoms with Crippen LogP contribution in [0.3, 0.4) is 0 Å². The number of amides is 1. The number of hydrogen-bond acceptors (Lipinski definition) is 3. The van der Waals surface area contributed by atoms with Gasteiger partial charge in [0.2, 0.25) is 0 Å². The molecule has 2 heterocycles. The monoisotopic (exact) mass is 260 g/mol. The van der Waals surface area contributed by atoms with E-state index in [1.807, 2.05) is 17.0 Å². The fraction of sp³-hybridized carbons (Fsp3) is 0.533. The summed E-state index contributed by atoms with van der Waals surface area (Å²) in [5.74, 6) is 0.0822. The molecule has 102 valence electrons. The predicted molar refractivity (Wildman–Crippen MR) is 74.3 cm³/mol. The Morgan fingerprint density at radius 2 is 2.11 bits per heavy atom. The Hall–Kier alpha value is -1.39. The number of aryl methyl sites for hydroxylation is 1. The first-order chi connectivity index (χ1) is 9.21. The van der Waals surface area contributed by atoms with E-state index in [2.05, 4.69) is 24.4 Å². The van der Waals surface area contributed by atoms with E-state index in [-0.39, 0.29) is 18.1 Å². The first kappa shape index (κ1) is 12.6. The molecule has 4 nitrogen and oxygen atoms in total. The quantitative estimate of drug-likeness (QED) is 0.831. The van der Waals surface area contributed by atoms with Gasteiger partial charge in [0, 0.05) is 5.69 Å². The molecule has 4 heteroatoms. The highest BCUT2D eigenvalue weighted by atomic mass is 16.5. The van der Waals surface area contributed by atoms with Gasteiger partial charge in [0.1, 0.15) is 6.61 Å². The topological polar surface area (TPSA) is 41.6 Å². The second kappa shape index (κ2) is 4.94. The highest BCUT2D eigenvalue weighted by Gasteiger charge is 2.44. The van der Waals surface area contributed by atoms with Gasteiger partial charge in [-0.05, 0) is 50.6 Å². The van der Waals surface area contributed by atoms with Crippen molar-refractivity contribution in [3.8, 4) is 0 Å². The van der Waals surface area contributed by atoms with Crippen molar-refractivity contribution in [3.63, 3.8) is 0 Å². The van der Waals surface area contributed by atoms with E-state index < -0.39 is 0 Å². The zero-order valence-corrected chi connectivity index (χ0v) is 11.3. The molecular formula is C15H20N2O2. The van der Waals surface area contributed by atoms with E-state index in [1.54, 1.807) is 0 Å². The molecule has 2 saturated heterocycles. The third-order valence-electron chi connectivity index (χ3n) is 4.11. The Morgan fingerprint density at radius 1 is 1.32 bits per heavy atom. The summed E-state index contributed by atoms with van der Waals surface area (Å²) < 4.78 is 5.54. The molecule has 0 atom stereocenters. The van der Waals surface area contributed by atoms with Crippen LogP contribution in [0, 0.1) is 6.92 Å². The second-order valence-electron chi connectivity index (χ2n) is 5.54. The largest absolute Gasteiger partial charge is 0.369 e. The molecule has 1 amide bonds. The molecule has 1 aromatic carbocycles. The Bertz CT molecular complexity index is 475. The SMILES string of the molecule is Cc1cccc(N2C(=O)COCC23CCNCC3)c1. The van der Waals surface area contributed by atoms with Crippen molar-refractivity contribution < 1.29 is 9.53 Å². The summed E-state index contributed by atoms with van der Waals surface area (Å²) in [5.41, 5.74) is 2.03. The maximum Gasteiger partial charge on any atom is 0.253 e. The number of nitrogens with one attached hydrogen (secondary N) is 1. The number of rotatable bonds is 1. The molecule has 0 saturated carbocycles. The Kier molecular flexibility index (Phi) is 3.29. The zero-order valence-electron chi connectivity index (χ0n) is 11.3. The molecule has 0 bridgehead atoms. The lowest BCUT2D eigenvalue weighted by molar-refractivity contribution is -0.131. The van der Waals surface area contributed by atoms with Crippen molar-refractivity contribution in [2.24, 2.45) is 0 Å². The molecule has 0 aromatic heterocycles. The molecule has 2 aliphatic rings. The number of carbonyl (C=O) groups excluding carboxylic acids is 1. The summed E-state index contributed by atoms with van der Waals surface area (Å²) in [6.07, 6.45) is 1.90. The van der Waals surface area contributed by atoms with Crippen LogP contribution in [0.15, 0.2) is 24.3 Å². The molecule has 2 fully saturated rings. The van der Waals surface area contributed by atoms with Crippen molar-refractivity contribution in [1.29, 1.82) is 0 Å². The minimum Gasteiger partial charge on any atom is -0.369 e. The van der Waals surface area contributed by atoms with Crippen molar-refractivity contribution in [1.82, 2.24) is 5.32 Å². The van der Waals surface area contributed by atoms with Gasteiger partial charge in [0.25, 0.3) is 5.91 Å². The molecule has 1 aromatic rings. The molecule has 0 aliphatic carbocycles. The number of morpholine rings is 1. The predicted octanol–water partition coefficient (Wildman–Crippen LogP) is 1.48. The van der Waals surface area contributed by atoms with E-state index in [4.69, 9.17) is 4.74 Å².